The van der Waals surface area contributed by atoms with Gasteiger partial charge in [-0.2, -0.15) is 0 Å². The van der Waals surface area contributed by atoms with Gasteiger partial charge in [-0.1, -0.05) is 24.5 Å². The van der Waals surface area contributed by atoms with Crippen LogP contribution in [0.2, 0.25) is 0 Å². The van der Waals surface area contributed by atoms with Crippen molar-refractivity contribution in [2.45, 2.75) is 64.0 Å². The van der Waals surface area contributed by atoms with Crippen LogP contribution in [0.25, 0.3) is 10.9 Å². The Morgan fingerprint density at radius 2 is 2.12 bits per heavy atom. The minimum Gasteiger partial charge on any atom is -0.385 e. The normalized spacial score (nSPS) is 22.1. The Kier molecular flexibility index (Phi) is 7.52. The van der Waals surface area contributed by atoms with Crippen molar-refractivity contribution in [3.05, 3.63) is 29.6 Å². The molecule has 1 saturated carbocycles. The molecule has 2 aliphatic rings. The highest BCUT2D eigenvalue weighted by atomic mass is 16.5. The maximum absolute atomic E-state index is 12.7. The van der Waals surface area contributed by atoms with E-state index in [9.17, 15) is 4.79 Å². The number of amides is 1. The van der Waals surface area contributed by atoms with Gasteiger partial charge in [-0.25, -0.2) is 9.97 Å². The Labute approximate surface area is 189 Å². The third kappa shape index (κ3) is 5.54. The molecule has 2 atom stereocenters. The van der Waals surface area contributed by atoms with Gasteiger partial charge in [0, 0.05) is 44.7 Å². The Balaban J connectivity index is 1.60. The van der Waals surface area contributed by atoms with Crippen molar-refractivity contribution in [1.82, 2.24) is 20.6 Å². The van der Waals surface area contributed by atoms with Crippen molar-refractivity contribution < 1.29 is 9.53 Å². The number of nitrogens with one attached hydrogen (secondary N) is 3. The SMILES string of the molecule is COCCCNC(=O)c1nc(N[C@H]2CCCC[C@H]2N=C2CCCN2)c2cc(C)ccc2n1. The van der Waals surface area contributed by atoms with Gasteiger partial charge in [-0.05, 0) is 44.7 Å². The Morgan fingerprint density at radius 1 is 1.25 bits per heavy atom. The van der Waals surface area contributed by atoms with E-state index in [0.29, 0.717) is 13.2 Å². The summed E-state index contributed by atoms with van der Waals surface area (Å²) in [6.45, 7) is 4.20. The standard InChI is InChI=1S/C24H34N6O2/c1-16-10-11-18-17(15-16)22(30-23(28-18)24(31)26-13-6-14-32-2)29-20-8-4-3-7-19(20)27-21-9-5-12-25-21/h10-11,15,19-20H,3-9,12-14H2,1-2H3,(H,25,27)(H,26,31)(H,28,29,30)/t19-,20+/m1/s1. The van der Waals surface area contributed by atoms with E-state index in [4.69, 9.17) is 9.73 Å². The summed E-state index contributed by atoms with van der Waals surface area (Å²) in [5, 5.41) is 10.9. The molecule has 1 aliphatic heterocycles. The summed E-state index contributed by atoms with van der Waals surface area (Å²) in [6, 6.07) is 6.46. The number of rotatable bonds is 8. The quantitative estimate of drug-likeness (QED) is 0.547. The van der Waals surface area contributed by atoms with Gasteiger partial charge in [0.15, 0.2) is 0 Å². The summed E-state index contributed by atoms with van der Waals surface area (Å²) in [7, 11) is 1.65. The fourth-order valence-electron chi connectivity index (χ4n) is 4.45. The average molecular weight is 439 g/mol. The summed E-state index contributed by atoms with van der Waals surface area (Å²) in [4.78, 5) is 27.0. The van der Waals surface area contributed by atoms with Crippen molar-refractivity contribution in [3.8, 4) is 0 Å². The molecule has 172 valence electrons. The zero-order valence-corrected chi connectivity index (χ0v) is 19.1. The molecule has 1 amide bonds. The number of hydrogen-bond donors (Lipinski definition) is 3. The summed E-state index contributed by atoms with van der Waals surface area (Å²) < 4.78 is 5.05. The second-order valence-electron chi connectivity index (χ2n) is 8.73. The van der Waals surface area contributed by atoms with Crippen LogP contribution in [0.15, 0.2) is 23.2 Å². The first kappa shape index (κ1) is 22.5. The molecule has 32 heavy (non-hydrogen) atoms. The van der Waals surface area contributed by atoms with E-state index in [0.717, 1.165) is 66.8 Å². The van der Waals surface area contributed by atoms with Gasteiger partial charge in [0.25, 0.3) is 5.91 Å². The van der Waals surface area contributed by atoms with Crippen molar-refractivity contribution in [2.24, 2.45) is 4.99 Å². The predicted molar refractivity (Wildman–Crippen MR) is 127 cm³/mol. The molecule has 1 saturated heterocycles. The second-order valence-corrected chi connectivity index (χ2v) is 8.73. The number of aromatic nitrogens is 2. The monoisotopic (exact) mass is 438 g/mol. The van der Waals surface area contributed by atoms with Crippen LogP contribution in [0.5, 0.6) is 0 Å². The average Bonchev–Trinajstić information content (AvgIpc) is 3.31. The molecule has 0 bridgehead atoms. The Bertz CT molecular complexity index is 968. The van der Waals surface area contributed by atoms with E-state index < -0.39 is 0 Å². The van der Waals surface area contributed by atoms with Gasteiger partial charge in [0.1, 0.15) is 5.82 Å². The lowest BCUT2D eigenvalue weighted by Gasteiger charge is -2.30. The maximum atomic E-state index is 12.7. The molecule has 2 heterocycles. The summed E-state index contributed by atoms with van der Waals surface area (Å²) in [6.07, 6.45) is 7.40. The zero-order chi connectivity index (χ0) is 22.3. The minimum atomic E-state index is -0.262. The first-order valence-corrected chi connectivity index (χ1v) is 11.8. The van der Waals surface area contributed by atoms with Gasteiger partial charge in [-0.15, -0.1) is 0 Å². The van der Waals surface area contributed by atoms with Crippen molar-refractivity contribution >= 4 is 28.5 Å². The largest absolute Gasteiger partial charge is 0.385 e. The number of ether oxygens (including phenoxy) is 1. The van der Waals surface area contributed by atoms with Gasteiger partial charge >= 0.3 is 0 Å². The van der Waals surface area contributed by atoms with E-state index in [2.05, 4.69) is 38.9 Å². The summed E-state index contributed by atoms with van der Waals surface area (Å²) in [5.74, 6) is 1.78. The first-order valence-electron chi connectivity index (χ1n) is 11.8. The zero-order valence-electron chi connectivity index (χ0n) is 19.1. The maximum Gasteiger partial charge on any atom is 0.289 e. The highest BCUT2D eigenvalue weighted by Gasteiger charge is 2.27. The van der Waals surface area contributed by atoms with E-state index in [1.807, 2.05) is 12.1 Å². The van der Waals surface area contributed by atoms with Crippen LogP contribution in [0.4, 0.5) is 5.82 Å². The molecule has 8 heteroatoms. The number of carbonyl (C=O) groups is 1. The number of aryl methyl sites for hydroxylation is 1. The molecular weight excluding hydrogens is 404 g/mol. The van der Waals surface area contributed by atoms with Crippen molar-refractivity contribution in [3.63, 3.8) is 0 Å². The minimum absolute atomic E-state index is 0.190. The van der Waals surface area contributed by atoms with Crippen LogP contribution in [0.3, 0.4) is 0 Å². The molecule has 3 N–H and O–H groups in total. The number of benzene rings is 1. The van der Waals surface area contributed by atoms with Crippen LogP contribution in [0.1, 0.15) is 61.1 Å². The fourth-order valence-corrected chi connectivity index (χ4v) is 4.45. The number of anilines is 1. The molecule has 1 aliphatic carbocycles. The van der Waals surface area contributed by atoms with Crippen LogP contribution >= 0.6 is 0 Å². The lowest BCUT2D eigenvalue weighted by atomic mass is 9.90. The highest BCUT2D eigenvalue weighted by molar-refractivity contribution is 5.96. The first-order chi connectivity index (χ1) is 15.6. The number of amidine groups is 1. The third-order valence-corrected chi connectivity index (χ3v) is 6.16. The molecule has 4 rings (SSSR count). The number of carbonyl (C=O) groups excluding carboxylic acids is 1. The Hall–Kier alpha value is -2.74. The topological polar surface area (TPSA) is 101 Å². The highest BCUT2D eigenvalue weighted by Crippen LogP contribution is 2.28. The van der Waals surface area contributed by atoms with Crippen LogP contribution in [-0.2, 0) is 4.74 Å². The summed E-state index contributed by atoms with van der Waals surface area (Å²) >= 11 is 0. The van der Waals surface area contributed by atoms with Gasteiger partial charge in [0.2, 0.25) is 5.82 Å². The number of aliphatic imine (C=N–C) groups is 1. The van der Waals surface area contributed by atoms with E-state index in [1.54, 1.807) is 7.11 Å². The molecule has 8 nitrogen and oxygen atoms in total. The molecule has 1 aromatic heterocycles. The summed E-state index contributed by atoms with van der Waals surface area (Å²) in [5.41, 5.74) is 1.91. The smallest absolute Gasteiger partial charge is 0.289 e. The molecule has 2 aromatic rings. The third-order valence-electron chi connectivity index (χ3n) is 6.16. The number of fused-ring (bicyclic) bond motifs is 1. The number of hydrogen-bond acceptors (Lipinski definition) is 6. The van der Waals surface area contributed by atoms with Crippen LogP contribution in [-0.4, -0.2) is 60.6 Å². The predicted octanol–water partition coefficient (Wildman–Crippen LogP) is 3.21. The van der Waals surface area contributed by atoms with Crippen LogP contribution < -0.4 is 16.0 Å². The number of methoxy groups -OCH3 is 1. The lowest BCUT2D eigenvalue weighted by Crippen LogP contribution is -2.37. The van der Waals surface area contributed by atoms with Gasteiger partial charge in [0.05, 0.1) is 17.4 Å². The van der Waals surface area contributed by atoms with E-state index in [-0.39, 0.29) is 23.8 Å². The molecule has 1 aromatic carbocycles. The molecule has 2 fully saturated rings. The van der Waals surface area contributed by atoms with E-state index >= 15 is 0 Å². The Morgan fingerprint density at radius 3 is 2.94 bits per heavy atom. The molecular formula is C24H34N6O2. The van der Waals surface area contributed by atoms with Crippen molar-refractivity contribution in [1.29, 1.82) is 0 Å². The van der Waals surface area contributed by atoms with Gasteiger partial charge < -0.3 is 20.7 Å². The lowest BCUT2D eigenvalue weighted by molar-refractivity contribution is 0.0938. The number of nitrogens with zero attached hydrogens (tertiary/aromatic N) is 3. The van der Waals surface area contributed by atoms with Crippen LogP contribution in [0, 0.1) is 6.92 Å². The molecule has 0 spiro atoms. The molecule has 0 unspecified atom stereocenters. The molecule has 0 radical (unpaired) electrons. The van der Waals surface area contributed by atoms with Crippen molar-refractivity contribution in [2.75, 3.05) is 32.1 Å². The van der Waals surface area contributed by atoms with E-state index in [1.165, 1.54) is 12.8 Å². The van der Waals surface area contributed by atoms with Gasteiger partial charge in [-0.3, -0.25) is 9.79 Å². The fraction of sp³-hybridized carbons (Fsp3) is 0.583. The second kappa shape index (κ2) is 10.7.